The second kappa shape index (κ2) is 8.00. The maximum absolute atomic E-state index is 10.4. The Morgan fingerprint density at radius 3 is 2.67 bits per heavy atom. The van der Waals surface area contributed by atoms with E-state index < -0.39 is 5.97 Å². The van der Waals surface area contributed by atoms with Crippen LogP contribution in [0.2, 0.25) is 0 Å². The van der Waals surface area contributed by atoms with Crippen LogP contribution in [0.1, 0.15) is 12.5 Å². The number of thioether (sulfide) groups is 1. The van der Waals surface area contributed by atoms with Gasteiger partial charge < -0.3 is 15.2 Å². The highest BCUT2D eigenvalue weighted by Crippen LogP contribution is 2.12. The molecule has 2 N–H and O–H groups in total. The zero-order chi connectivity index (χ0) is 13.4. The van der Waals surface area contributed by atoms with E-state index in [9.17, 15) is 4.79 Å². The van der Waals surface area contributed by atoms with Crippen LogP contribution in [0.5, 0.6) is 5.75 Å². The predicted molar refractivity (Wildman–Crippen MR) is 74.3 cm³/mol. The molecule has 0 spiro atoms. The smallest absolute Gasteiger partial charge is 0.313 e. The molecule has 0 saturated carbocycles. The number of carboxylic acid groups (broad SMARTS) is 1. The highest BCUT2D eigenvalue weighted by Gasteiger charge is 2.05. The van der Waals surface area contributed by atoms with E-state index in [1.807, 2.05) is 31.2 Å². The average molecular weight is 269 g/mol. The van der Waals surface area contributed by atoms with E-state index in [1.165, 1.54) is 17.3 Å². The van der Waals surface area contributed by atoms with Gasteiger partial charge in [-0.1, -0.05) is 19.1 Å². The summed E-state index contributed by atoms with van der Waals surface area (Å²) in [6.07, 6.45) is 0. The van der Waals surface area contributed by atoms with Crippen LogP contribution in [0, 0.1) is 0 Å². The number of aliphatic carboxylic acids is 1. The van der Waals surface area contributed by atoms with Crippen molar-refractivity contribution in [2.24, 2.45) is 0 Å². The average Bonchev–Trinajstić information content (AvgIpc) is 2.37. The number of rotatable bonds is 8. The molecule has 1 unspecified atom stereocenters. The Morgan fingerprint density at radius 1 is 1.44 bits per heavy atom. The van der Waals surface area contributed by atoms with Crippen LogP contribution in [0.3, 0.4) is 0 Å². The van der Waals surface area contributed by atoms with Crippen molar-refractivity contribution in [3.8, 4) is 5.75 Å². The summed E-state index contributed by atoms with van der Waals surface area (Å²) in [5, 5.41) is 12.2. The van der Waals surface area contributed by atoms with Crippen LogP contribution < -0.4 is 10.1 Å². The number of hydrogen-bond donors (Lipinski definition) is 2. The molecule has 0 saturated heterocycles. The lowest BCUT2D eigenvalue weighted by Crippen LogP contribution is -2.23. The zero-order valence-electron chi connectivity index (χ0n) is 10.7. The molecule has 18 heavy (non-hydrogen) atoms. The van der Waals surface area contributed by atoms with E-state index in [0.29, 0.717) is 5.25 Å². The Balaban J connectivity index is 2.22. The third-order valence-electron chi connectivity index (χ3n) is 2.41. The van der Waals surface area contributed by atoms with Crippen LogP contribution in [0.25, 0.3) is 0 Å². The number of carbonyl (C=O) groups is 1. The molecular formula is C13H19NO3S. The summed E-state index contributed by atoms with van der Waals surface area (Å²) < 4.78 is 5.09. The van der Waals surface area contributed by atoms with E-state index in [4.69, 9.17) is 9.84 Å². The largest absolute Gasteiger partial charge is 0.497 e. The van der Waals surface area contributed by atoms with Gasteiger partial charge in [0, 0.05) is 18.3 Å². The molecule has 4 nitrogen and oxygen atoms in total. The first-order valence-corrected chi connectivity index (χ1v) is 6.83. The van der Waals surface area contributed by atoms with E-state index in [0.717, 1.165) is 18.8 Å². The van der Waals surface area contributed by atoms with Crippen molar-refractivity contribution in [1.29, 1.82) is 0 Å². The van der Waals surface area contributed by atoms with Crippen LogP contribution in [0.4, 0.5) is 0 Å². The molecule has 0 aliphatic heterocycles. The summed E-state index contributed by atoms with van der Waals surface area (Å²) >= 11 is 1.44. The molecule has 0 heterocycles. The predicted octanol–water partition coefficient (Wildman–Crippen LogP) is 1.99. The lowest BCUT2D eigenvalue weighted by molar-refractivity contribution is -0.133. The van der Waals surface area contributed by atoms with Crippen LogP contribution in [-0.4, -0.2) is 35.7 Å². The second-order valence-electron chi connectivity index (χ2n) is 3.99. The molecule has 1 aromatic carbocycles. The molecule has 5 heteroatoms. The Labute approximate surface area is 112 Å². The minimum atomic E-state index is -0.762. The van der Waals surface area contributed by atoms with Gasteiger partial charge in [0.25, 0.3) is 0 Å². The van der Waals surface area contributed by atoms with E-state index in [2.05, 4.69) is 5.32 Å². The highest BCUT2D eigenvalue weighted by molar-refractivity contribution is 8.00. The van der Waals surface area contributed by atoms with Crippen molar-refractivity contribution in [3.63, 3.8) is 0 Å². The van der Waals surface area contributed by atoms with Crippen molar-refractivity contribution in [2.75, 3.05) is 19.4 Å². The summed E-state index contributed by atoms with van der Waals surface area (Å²) in [6, 6.07) is 7.89. The molecule has 0 radical (unpaired) electrons. The van der Waals surface area contributed by atoms with Gasteiger partial charge in [0.2, 0.25) is 0 Å². The first-order valence-electron chi connectivity index (χ1n) is 5.79. The van der Waals surface area contributed by atoms with Gasteiger partial charge in [-0.25, -0.2) is 0 Å². The molecular weight excluding hydrogens is 250 g/mol. The molecule has 100 valence electrons. The molecule has 0 bridgehead atoms. The molecule has 1 atom stereocenters. The zero-order valence-corrected chi connectivity index (χ0v) is 11.5. The van der Waals surface area contributed by atoms with Gasteiger partial charge in [0.1, 0.15) is 5.75 Å². The van der Waals surface area contributed by atoms with Crippen LogP contribution >= 0.6 is 11.8 Å². The molecule has 1 aromatic rings. The quantitative estimate of drug-likeness (QED) is 0.756. The minimum absolute atomic E-state index is 0.158. The third-order valence-corrected chi connectivity index (χ3v) is 3.56. The van der Waals surface area contributed by atoms with Crippen LogP contribution in [0.15, 0.2) is 24.3 Å². The fourth-order valence-corrected chi connectivity index (χ4v) is 2.10. The fraction of sp³-hybridized carbons (Fsp3) is 0.462. The highest BCUT2D eigenvalue weighted by atomic mass is 32.2. The van der Waals surface area contributed by atoms with Gasteiger partial charge >= 0.3 is 5.97 Å². The minimum Gasteiger partial charge on any atom is -0.497 e. The number of ether oxygens (including phenoxy) is 1. The first kappa shape index (κ1) is 14.9. The number of methoxy groups -OCH3 is 1. The number of benzene rings is 1. The summed E-state index contributed by atoms with van der Waals surface area (Å²) in [4.78, 5) is 10.4. The third kappa shape index (κ3) is 5.93. The number of carboxylic acids is 1. The van der Waals surface area contributed by atoms with Crippen molar-refractivity contribution in [3.05, 3.63) is 29.8 Å². The van der Waals surface area contributed by atoms with Gasteiger partial charge in [0.15, 0.2) is 0 Å². The number of hydrogen-bond acceptors (Lipinski definition) is 4. The van der Waals surface area contributed by atoms with E-state index >= 15 is 0 Å². The second-order valence-corrected chi connectivity index (χ2v) is 5.42. The monoisotopic (exact) mass is 269 g/mol. The molecule has 0 amide bonds. The van der Waals surface area contributed by atoms with Crippen LogP contribution in [-0.2, 0) is 11.3 Å². The lowest BCUT2D eigenvalue weighted by atomic mass is 10.2. The summed E-state index contributed by atoms with van der Waals surface area (Å²) in [7, 11) is 1.65. The molecule has 0 aliphatic carbocycles. The first-order chi connectivity index (χ1) is 8.61. The molecule has 1 rings (SSSR count). The molecule has 0 aromatic heterocycles. The standard InChI is InChI=1S/C13H19NO3S/c1-10(18-9-13(15)16)7-14-8-11-3-5-12(17-2)6-4-11/h3-6,10,14H,7-9H2,1-2H3,(H,15,16). The van der Waals surface area contributed by atoms with E-state index in [-0.39, 0.29) is 5.75 Å². The summed E-state index contributed by atoms with van der Waals surface area (Å²) in [5.41, 5.74) is 1.19. The SMILES string of the molecule is COc1ccc(CNCC(C)SCC(=O)O)cc1. The Morgan fingerprint density at radius 2 is 2.11 bits per heavy atom. The van der Waals surface area contributed by atoms with Gasteiger partial charge in [-0.3, -0.25) is 4.79 Å². The van der Waals surface area contributed by atoms with Gasteiger partial charge in [-0.15, -0.1) is 11.8 Å². The fourth-order valence-electron chi connectivity index (χ4n) is 1.44. The van der Waals surface area contributed by atoms with Gasteiger partial charge in [-0.05, 0) is 17.7 Å². The summed E-state index contributed by atoms with van der Waals surface area (Å²) in [5.74, 6) is 0.247. The Kier molecular flexibility index (Phi) is 6.60. The van der Waals surface area contributed by atoms with Crippen molar-refractivity contribution >= 4 is 17.7 Å². The lowest BCUT2D eigenvalue weighted by Gasteiger charge is -2.11. The molecule has 0 fully saturated rings. The van der Waals surface area contributed by atoms with E-state index in [1.54, 1.807) is 7.11 Å². The Bertz CT molecular complexity index is 367. The summed E-state index contributed by atoms with van der Waals surface area (Å²) in [6.45, 7) is 3.60. The van der Waals surface area contributed by atoms with Gasteiger partial charge in [0.05, 0.1) is 12.9 Å². The Hall–Kier alpha value is -1.20. The van der Waals surface area contributed by atoms with Crippen molar-refractivity contribution in [2.45, 2.75) is 18.7 Å². The topological polar surface area (TPSA) is 58.6 Å². The maximum atomic E-state index is 10.4. The van der Waals surface area contributed by atoms with Gasteiger partial charge in [-0.2, -0.15) is 0 Å². The molecule has 0 aliphatic rings. The normalized spacial score (nSPS) is 12.1. The van der Waals surface area contributed by atoms with Crippen molar-refractivity contribution < 1.29 is 14.6 Å². The van der Waals surface area contributed by atoms with Crippen molar-refractivity contribution in [1.82, 2.24) is 5.32 Å². The number of nitrogens with one attached hydrogen (secondary N) is 1. The maximum Gasteiger partial charge on any atom is 0.313 e.